The van der Waals surface area contributed by atoms with Gasteiger partial charge in [-0.3, -0.25) is 14.4 Å². The number of hydrogen-bond donors (Lipinski definition) is 0. The lowest BCUT2D eigenvalue weighted by atomic mass is 9.66. The van der Waals surface area contributed by atoms with Crippen molar-refractivity contribution >= 4 is 17.9 Å². The van der Waals surface area contributed by atoms with Crippen molar-refractivity contribution in [3.05, 3.63) is 30.3 Å². The van der Waals surface area contributed by atoms with Crippen molar-refractivity contribution < 1.29 is 54.9 Å². The van der Waals surface area contributed by atoms with Gasteiger partial charge in [0.15, 0.2) is 5.92 Å². The van der Waals surface area contributed by atoms with Gasteiger partial charge in [-0.25, -0.2) is 0 Å². The predicted molar refractivity (Wildman–Crippen MR) is 139 cm³/mol. The average Bonchev–Trinajstić information content (AvgIpc) is 3.45. The van der Waals surface area contributed by atoms with Gasteiger partial charge in [0.25, 0.3) is 0 Å². The fraction of sp³-hybridized carbons (Fsp3) is 0.700. The summed E-state index contributed by atoms with van der Waals surface area (Å²) in [7, 11) is 0. The van der Waals surface area contributed by atoms with Crippen molar-refractivity contribution in [2.75, 3.05) is 6.61 Å². The molecule has 2 bridgehead atoms. The molecule has 0 aromatic heterocycles. The van der Waals surface area contributed by atoms with Crippen LogP contribution in [0, 0.1) is 34.0 Å². The molecule has 0 aliphatic heterocycles. The van der Waals surface area contributed by atoms with Crippen molar-refractivity contribution in [3.63, 3.8) is 0 Å². The zero-order chi connectivity index (χ0) is 31.7. The van der Waals surface area contributed by atoms with Gasteiger partial charge >= 0.3 is 30.3 Å². The van der Waals surface area contributed by atoms with Crippen molar-refractivity contribution in [2.45, 2.75) is 91.6 Å². The first-order valence-corrected chi connectivity index (χ1v) is 13.9. The Balaban J connectivity index is 1.82. The number of halogens is 6. The summed E-state index contributed by atoms with van der Waals surface area (Å²) in [6.45, 7) is 5.15. The van der Waals surface area contributed by atoms with E-state index in [-0.39, 0.29) is 30.6 Å². The average molecular weight is 609 g/mol. The number of hydrogen-bond acceptors (Lipinski definition) is 6. The summed E-state index contributed by atoms with van der Waals surface area (Å²) in [5.41, 5.74) is -4.59. The van der Waals surface area contributed by atoms with Crippen LogP contribution in [-0.4, -0.2) is 43.0 Å². The van der Waals surface area contributed by atoms with Crippen LogP contribution >= 0.6 is 0 Å². The van der Waals surface area contributed by atoms with Crippen LogP contribution in [0.5, 0.6) is 5.75 Å². The first kappa shape index (κ1) is 33.7. The number of rotatable bonds is 11. The third kappa shape index (κ3) is 8.18. The number of esters is 3. The number of alkyl halides is 6. The van der Waals surface area contributed by atoms with Crippen molar-refractivity contribution in [2.24, 2.45) is 34.0 Å². The van der Waals surface area contributed by atoms with Crippen LogP contribution in [0.3, 0.4) is 0 Å². The van der Waals surface area contributed by atoms with Crippen LogP contribution in [-0.2, 0) is 23.9 Å². The Kier molecular flexibility index (Phi) is 9.69. The number of carbonyl (C=O) groups is 3. The van der Waals surface area contributed by atoms with Gasteiger partial charge in [-0.1, -0.05) is 18.2 Å². The SMILES string of the molecule is CC(C)(CC(C)(CC(C)(C)C(=O)Oc1ccccc1)C(=O)OC1CC2CCC1C2)C(=O)OCC(C(F)(F)F)C(F)(F)F. The van der Waals surface area contributed by atoms with E-state index in [1.54, 1.807) is 44.2 Å². The van der Waals surface area contributed by atoms with Gasteiger partial charge in [0.05, 0.1) is 16.2 Å². The summed E-state index contributed by atoms with van der Waals surface area (Å²) in [5.74, 6) is -5.67. The van der Waals surface area contributed by atoms with Crippen molar-refractivity contribution in [3.8, 4) is 5.75 Å². The van der Waals surface area contributed by atoms with Gasteiger partial charge < -0.3 is 14.2 Å². The Morgan fingerprint density at radius 3 is 1.81 bits per heavy atom. The highest BCUT2D eigenvalue weighted by Gasteiger charge is 2.58. The molecule has 4 unspecified atom stereocenters. The molecule has 236 valence electrons. The lowest BCUT2D eigenvalue weighted by Gasteiger charge is -2.39. The summed E-state index contributed by atoms with van der Waals surface area (Å²) < 4.78 is 94.0. The lowest BCUT2D eigenvalue weighted by molar-refractivity contribution is -0.293. The summed E-state index contributed by atoms with van der Waals surface area (Å²) in [6, 6.07) is 8.22. The van der Waals surface area contributed by atoms with Gasteiger partial charge in [-0.2, -0.15) is 26.3 Å². The number of para-hydroxylation sites is 1. The molecule has 42 heavy (non-hydrogen) atoms. The Hall–Kier alpha value is -2.79. The summed E-state index contributed by atoms with van der Waals surface area (Å²) >= 11 is 0. The molecule has 3 rings (SSSR count). The lowest BCUT2D eigenvalue weighted by Crippen LogP contribution is -2.46. The maximum absolute atomic E-state index is 13.8. The van der Waals surface area contributed by atoms with Crippen LogP contribution in [0.15, 0.2) is 30.3 Å². The minimum Gasteiger partial charge on any atom is -0.464 e. The number of ether oxygens (including phenoxy) is 3. The first-order valence-electron chi connectivity index (χ1n) is 13.9. The van der Waals surface area contributed by atoms with E-state index in [0.717, 1.165) is 19.3 Å². The molecular formula is C30H38F6O6. The summed E-state index contributed by atoms with van der Waals surface area (Å²) in [5, 5.41) is 0. The largest absolute Gasteiger partial charge is 0.464 e. The molecule has 1 aromatic rings. The van der Waals surface area contributed by atoms with Gasteiger partial charge in [-0.15, -0.1) is 0 Å². The number of carbonyl (C=O) groups excluding carboxylic acids is 3. The van der Waals surface area contributed by atoms with Crippen LogP contribution in [0.1, 0.15) is 73.1 Å². The normalized spacial score (nSPS) is 22.5. The van der Waals surface area contributed by atoms with Crippen LogP contribution in [0.2, 0.25) is 0 Å². The number of fused-ring (bicyclic) bond motifs is 2. The molecule has 0 spiro atoms. The summed E-state index contributed by atoms with van der Waals surface area (Å²) in [6.07, 6.45) is -8.68. The highest BCUT2D eigenvalue weighted by Crippen LogP contribution is 2.49. The van der Waals surface area contributed by atoms with Gasteiger partial charge in [0.2, 0.25) is 0 Å². The number of benzene rings is 1. The van der Waals surface area contributed by atoms with E-state index < -0.39 is 59.0 Å². The summed E-state index contributed by atoms with van der Waals surface area (Å²) in [4.78, 5) is 39.8. The Labute approximate surface area is 241 Å². The quantitative estimate of drug-likeness (QED) is 0.148. The molecule has 1 aromatic carbocycles. The highest BCUT2D eigenvalue weighted by atomic mass is 19.4. The standard InChI is InChI=1S/C30H38F6O6/c1-26(2,23(37)40-15-22(29(31,32)33)30(34,35)36)16-28(5,25(39)42-21-14-18-11-12-19(21)13-18)17-27(3,4)24(38)41-20-9-7-6-8-10-20/h6-10,18-19,21-22H,11-17H2,1-5H3. The maximum atomic E-state index is 13.8. The minimum atomic E-state index is -5.68. The molecule has 0 saturated heterocycles. The molecule has 2 fully saturated rings. The second kappa shape index (κ2) is 12.1. The Morgan fingerprint density at radius 2 is 1.33 bits per heavy atom. The molecule has 2 aliphatic carbocycles. The van der Waals surface area contributed by atoms with Crippen molar-refractivity contribution in [1.29, 1.82) is 0 Å². The monoisotopic (exact) mass is 608 g/mol. The molecule has 6 nitrogen and oxygen atoms in total. The topological polar surface area (TPSA) is 78.9 Å². The van der Waals surface area contributed by atoms with E-state index in [2.05, 4.69) is 4.74 Å². The fourth-order valence-corrected chi connectivity index (χ4v) is 6.38. The maximum Gasteiger partial charge on any atom is 0.403 e. The molecule has 4 atom stereocenters. The molecule has 0 amide bonds. The molecule has 2 aliphatic rings. The molecule has 12 heteroatoms. The van der Waals surface area contributed by atoms with Crippen LogP contribution < -0.4 is 4.74 Å². The highest BCUT2D eigenvalue weighted by molar-refractivity contribution is 5.83. The van der Waals surface area contributed by atoms with Crippen LogP contribution in [0.25, 0.3) is 0 Å². The van der Waals surface area contributed by atoms with E-state index >= 15 is 0 Å². The second-order valence-corrected chi connectivity index (χ2v) is 13.2. The van der Waals surface area contributed by atoms with Crippen LogP contribution in [0.4, 0.5) is 26.3 Å². The minimum absolute atomic E-state index is 0.185. The van der Waals surface area contributed by atoms with E-state index in [9.17, 15) is 40.7 Å². The Morgan fingerprint density at radius 1 is 0.786 bits per heavy atom. The fourth-order valence-electron chi connectivity index (χ4n) is 6.38. The molecule has 0 N–H and O–H groups in total. The first-order chi connectivity index (χ1) is 19.1. The van der Waals surface area contributed by atoms with Gasteiger partial charge in [0, 0.05) is 0 Å². The molecule has 0 radical (unpaired) electrons. The van der Waals surface area contributed by atoms with E-state index in [4.69, 9.17) is 9.47 Å². The predicted octanol–water partition coefficient (Wildman–Crippen LogP) is 7.45. The van der Waals surface area contributed by atoms with Gasteiger partial charge in [-0.05, 0) is 97.1 Å². The van der Waals surface area contributed by atoms with E-state index in [1.165, 1.54) is 20.8 Å². The zero-order valence-corrected chi connectivity index (χ0v) is 24.4. The molecule has 0 heterocycles. The second-order valence-electron chi connectivity index (χ2n) is 13.2. The van der Waals surface area contributed by atoms with Gasteiger partial charge in [0.1, 0.15) is 18.5 Å². The molecular weight excluding hydrogens is 570 g/mol. The van der Waals surface area contributed by atoms with E-state index in [1.807, 2.05) is 0 Å². The van der Waals surface area contributed by atoms with Crippen molar-refractivity contribution in [1.82, 2.24) is 0 Å². The smallest absolute Gasteiger partial charge is 0.403 e. The Bertz CT molecular complexity index is 1120. The zero-order valence-electron chi connectivity index (χ0n) is 24.4. The third-order valence-electron chi connectivity index (χ3n) is 8.32. The molecule has 2 saturated carbocycles. The third-order valence-corrected chi connectivity index (χ3v) is 8.32. The van der Waals surface area contributed by atoms with E-state index in [0.29, 0.717) is 12.3 Å².